The minimum Gasteiger partial charge on any atom is -0.465 e. The van der Waals surface area contributed by atoms with E-state index >= 15 is 0 Å². The van der Waals surface area contributed by atoms with Crippen molar-refractivity contribution < 1.29 is 37.4 Å². The van der Waals surface area contributed by atoms with Crippen LogP contribution < -0.4 is 5.32 Å². The van der Waals surface area contributed by atoms with Gasteiger partial charge in [0.1, 0.15) is 12.1 Å². The molecule has 2 N–H and O–H groups in total. The minimum atomic E-state index is -3.88. The lowest BCUT2D eigenvalue weighted by atomic mass is 10.1. The van der Waals surface area contributed by atoms with Crippen molar-refractivity contribution in [1.29, 1.82) is 0 Å². The fraction of sp³-hybridized carbons (Fsp3) is 0.344. The number of halogens is 1. The van der Waals surface area contributed by atoms with Crippen LogP contribution in [0.4, 0.5) is 4.79 Å². The van der Waals surface area contributed by atoms with Gasteiger partial charge in [0.2, 0.25) is 9.84 Å². The number of esters is 1. The molecule has 3 aromatic carbocycles. The maximum absolute atomic E-state index is 13.2. The van der Waals surface area contributed by atoms with E-state index < -0.39 is 39.5 Å². The smallest absolute Gasteiger partial charge is 0.410 e. The van der Waals surface area contributed by atoms with Gasteiger partial charge in [-0.1, -0.05) is 35.9 Å². The number of carbonyl (C=O) groups is 3. The molecule has 0 aromatic heterocycles. The molecular weight excluding hydrogens is 608 g/mol. The molecule has 0 saturated heterocycles. The average molecular weight is 645 g/mol. The summed E-state index contributed by atoms with van der Waals surface area (Å²) in [5.74, 6) is -1.11. The van der Waals surface area contributed by atoms with Crippen molar-refractivity contribution in [3.05, 3.63) is 94.5 Å². The number of benzene rings is 3. The van der Waals surface area contributed by atoms with Crippen molar-refractivity contribution in [3.8, 4) is 0 Å². The third-order valence-corrected chi connectivity index (χ3v) is 8.33. The third-order valence-electron chi connectivity index (χ3n) is 6.31. The molecule has 2 amide bonds. The Bertz CT molecular complexity index is 1550. The molecule has 44 heavy (non-hydrogen) atoms. The fourth-order valence-electron chi connectivity index (χ4n) is 4.10. The van der Waals surface area contributed by atoms with Gasteiger partial charge in [0.05, 0.1) is 29.0 Å². The summed E-state index contributed by atoms with van der Waals surface area (Å²) in [6, 6.07) is 18.4. The highest BCUT2D eigenvalue weighted by Crippen LogP contribution is 2.23. The monoisotopic (exact) mass is 644 g/mol. The molecule has 0 aliphatic carbocycles. The largest absolute Gasteiger partial charge is 0.465 e. The van der Waals surface area contributed by atoms with E-state index in [0.717, 1.165) is 5.56 Å². The second kappa shape index (κ2) is 15.2. The van der Waals surface area contributed by atoms with Crippen LogP contribution in [0.5, 0.6) is 0 Å². The molecule has 0 fully saturated rings. The number of nitrogens with zero attached hydrogens (tertiary/aromatic N) is 1. The van der Waals surface area contributed by atoms with Crippen LogP contribution in [0.3, 0.4) is 0 Å². The van der Waals surface area contributed by atoms with Crippen molar-refractivity contribution in [2.24, 2.45) is 0 Å². The molecule has 12 heteroatoms. The lowest BCUT2D eigenvalue weighted by Crippen LogP contribution is -2.40. The van der Waals surface area contributed by atoms with E-state index in [9.17, 15) is 27.9 Å². The summed E-state index contributed by atoms with van der Waals surface area (Å²) in [5, 5.41) is 13.7. The SMILES string of the molecule is CCOC(=O)CNC(=O)c1ccc(S(=O)(=O)c2ccc(CCN(CC(O)c3cccc(Cl)c3)C(=O)OC(C)(C)C)cc2)cc1. The van der Waals surface area contributed by atoms with Gasteiger partial charge in [-0.3, -0.25) is 9.59 Å². The topological polar surface area (TPSA) is 139 Å². The van der Waals surface area contributed by atoms with E-state index in [1.807, 2.05) is 0 Å². The Morgan fingerprint density at radius 2 is 1.59 bits per heavy atom. The first-order chi connectivity index (χ1) is 20.7. The number of carbonyl (C=O) groups excluding carboxylic acids is 3. The predicted octanol–water partition coefficient (Wildman–Crippen LogP) is 4.98. The van der Waals surface area contributed by atoms with Gasteiger partial charge in [-0.2, -0.15) is 0 Å². The summed E-state index contributed by atoms with van der Waals surface area (Å²) in [4.78, 5) is 38.1. The lowest BCUT2D eigenvalue weighted by Gasteiger charge is -2.29. The molecule has 0 aliphatic heterocycles. The highest BCUT2D eigenvalue weighted by atomic mass is 35.5. The molecule has 0 spiro atoms. The van der Waals surface area contributed by atoms with Crippen molar-refractivity contribution in [2.45, 2.75) is 55.6 Å². The first-order valence-corrected chi connectivity index (χ1v) is 15.8. The highest BCUT2D eigenvalue weighted by Gasteiger charge is 2.25. The zero-order valence-electron chi connectivity index (χ0n) is 25.1. The van der Waals surface area contributed by atoms with Crippen molar-refractivity contribution >= 4 is 39.4 Å². The zero-order valence-corrected chi connectivity index (χ0v) is 26.7. The summed E-state index contributed by atoms with van der Waals surface area (Å²) < 4.78 is 36.7. The average Bonchev–Trinajstić information content (AvgIpc) is 2.97. The van der Waals surface area contributed by atoms with Crippen LogP contribution in [-0.4, -0.2) is 68.2 Å². The Labute approximate surface area is 262 Å². The number of ether oxygens (including phenoxy) is 2. The number of aliphatic hydroxyl groups excluding tert-OH is 1. The number of hydrogen-bond acceptors (Lipinski definition) is 8. The van der Waals surface area contributed by atoms with Gasteiger partial charge in [0.15, 0.2) is 0 Å². The van der Waals surface area contributed by atoms with Crippen LogP contribution in [0, 0.1) is 0 Å². The van der Waals surface area contributed by atoms with Gasteiger partial charge in [0.25, 0.3) is 5.91 Å². The summed E-state index contributed by atoms with van der Waals surface area (Å²) in [6.45, 7) is 7.00. The van der Waals surface area contributed by atoms with E-state index in [2.05, 4.69) is 5.32 Å². The van der Waals surface area contributed by atoms with Gasteiger partial charge in [-0.05, 0) is 93.8 Å². The molecule has 0 heterocycles. The number of sulfone groups is 1. The highest BCUT2D eigenvalue weighted by molar-refractivity contribution is 7.91. The van der Waals surface area contributed by atoms with Crippen molar-refractivity contribution in [2.75, 3.05) is 26.2 Å². The molecular formula is C32H37ClN2O8S. The maximum atomic E-state index is 13.2. The summed E-state index contributed by atoms with van der Waals surface area (Å²) in [6.07, 6.45) is -1.21. The molecule has 1 atom stereocenters. The molecule has 0 bridgehead atoms. The Morgan fingerprint density at radius 1 is 0.977 bits per heavy atom. The van der Waals surface area contributed by atoms with Gasteiger partial charge in [-0.25, -0.2) is 13.2 Å². The second-order valence-corrected chi connectivity index (χ2v) is 13.3. The molecule has 3 aromatic rings. The fourth-order valence-corrected chi connectivity index (χ4v) is 5.56. The molecule has 0 aliphatic rings. The van der Waals surface area contributed by atoms with Gasteiger partial charge < -0.3 is 24.8 Å². The molecule has 1 unspecified atom stereocenters. The van der Waals surface area contributed by atoms with E-state index in [4.69, 9.17) is 21.1 Å². The normalized spacial score (nSPS) is 12.2. The second-order valence-electron chi connectivity index (χ2n) is 10.9. The van der Waals surface area contributed by atoms with Gasteiger partial charge >= 0.3 is 12.1 Å². The number of amides is 2. The first-order valence-electron chi connectivity index (χ1n) is 14.0. The van der Waals surface area contributed by atoms with Crippen molar-refractivity contribution in [3.63, 3.8) is 0 Å². The lowest BCUT2D eigenvalue weighted by molar-refractivity contribution is -0.141. The Hall–Kier alpha value is -3.93. The Balaban J connectivity index is 1.68. The van der Waals surface area contributed by atoms with Crippen LogP contribution >= 0.6 is 11.6 Å². The van der Waals surface area contributed by atoms with Crippen LogP contribution in [0.1, 0.15) is 55.3 Å². The van der Waals surface area contributed by atoms with E-state index in [-0.39, 0.29) is 41.6 Å². The molecule has 0 saturated carbocycles. The molecule has 3 rings (SSSR count). The Kier molecular flexibility index (Phi) is 11.9. The van der Waals surface area contributed by atoms with E-state index in [0.29, 0.717) is 17.0 Å². The van der Waals surface area contributed by atoms with Crippen molar-refractivity contribution in [1.82, 2.24) is 10.2 Å². The van der Waals surface area contributed by atoms with E-state index in [1.165, 1.54) is 41.3 Å². The first kappa shape index (κ1) is 34.6. The predicted molar refractivity (Wildman–Crippen MR) is 165 cm³/mol. The molecule has 236 valence electrons. The summed E-state index contributed by atoms with van der Waals surface area (Å²) in [7, 11) is -3.88. The summed E-state index contributed by atoms with van der Waals surface area (Å²) in [5.41, 5.74) is 0.782. The maximum Gasteiger partial charge on any atom is 0.410 e. The van der Waals surface area contributed by atoms with Gasteiger partial charge in [0, 0.05) is 17.1 Å². The number of hydrogen-bond donors (Lipinski definition) is 2. The number of nitrogens with one attached hydrogen (secondary N) is 1. The Morgan fingerprint density at radius 3 is 2.16 bits per heavy atom. The van der Waals surface area contributed by atoms with Crippen LogP contribution in [0.2, 0.25) is 5.02 Å². The number of aliphatic hydroxyl groups is 1. The number of rotatable bonds is 12. The minimum absolute atomic E-state index is 0.00158. The zero-order chi connectivity index (χ0) is 32.5. The molecule has 0 radical (unpaired) electrons. The third kappa shape index (κ3) is 10.1. The quantitative estimate of drug-likeness (QED) is 0.263. The van der Waals surface area contributed by atoms with E-state index in [1.54, 1.807) is 64.1 Å². The molecule has 10 nitrogen and oxygen atoms in total. The summed E-state index contributed by atoms with van der Waals surface area (Å²) >= 11 is 6.06. The van der Waals surface area contributed by atoms with Crippen LogP contribution in [0.15, 0.2) is 82.6 Å². The standard InChI is InChI=1S/C32H37ClN2O8S/c1-5-42-29(37)20-34-30(38)23-11-15-27(16-12-23)44(40,41)26-13-9-22(10-14-26)17-18-35(31(39)43-32(2,3)4)21-28(36)24-7-6-8-25(33)19-24/h6-16,19,28,36H,5,17-18,20-21H2,1-4H3,(H,34,38). The van der Waals surface area contributed by atoms with Crippen LogP contribution in [0.25, 0.3) is 0 Å². The van der Waals surface area contributed by atoms with Gasteiger partial charge in [-0.15, -0.1) is 0 Å². The van der Waals surface area contributed by atoms with Crippen LogP contribution in [-0.2, 0) is 30.5 Å².